The van der Waals surface area contributed by atoms with Gasteiger partial charge in [0.05, 0.1) is 60.6 Å². The highest BCUT2D eigenvalue weighted by Gasteiger charge is 2.50. The number of allylic oxidation sites excluding steroid dienone is 6. The molecule has 3 aliphatic rings. The zero-order valence-corrected chi connectivity index (χ0v) is 31.6. The zero-order valence-electron chi connectivity index (χ0n) is 31.6. The number of esters is 1. The largest absolute Gasteiger partial charge is 0.462 e. The molecule has 0 radical (unpaired) electrons. The van der Waals surface area contributed by atoms with Gasteiger partial charge in [-0.15, -0.1) is 0 Å². The first kappa shape index (κ1) is 45.6. The predicted molar refractivity (Wildman–Crippen MR) is 197 cm³/mol. The van der Waals surface area contributed by atoms with Gasteiger partial charge in [-0.3, -0.25) is 14.4 Å². The molecule has 0 saturated carbocycles. The van der Waals surface area contributed by atoms with E-state index in [0.29, 0.717) is 12.8 Å². The van der Waals surface area contributed by atoms with Crippen LogP contribution in [0.2, 0.25) is 0 Å². The standard InChI is InChI=1S/C39H62N2O13/c1-4-14-26-17-11-9-7-6-8-10-12-18-27(53-38-35(47)33(40)34(46)23(3)51-38)20-31-32(36(41)48)30(45)22-39(50,54-31)21-25(43)16-13-15-24(42)19-29(44)28(5-2)37(49)52-26/h6-12,18,23,25-35,38,43-47,50H,4-5,13-17,19-22,40H2,1-3H3,(H2,41,48)/b7-6+,10-8+,11-9-,18-12+/t23-,25?,26?,27?,28?,29?,30?,31?,32?,33+,34-,35+,38?,39?/m1/s1. The van der Waals surface area contributed by atoms with Crippen molar-refractivity contribution in [1.82, 2.24) is 0 Å². The lowest BCUT2D eigenvalue weighted by Crippen LogP contribution is -2.61. The maximum atomic E-state index is 13.0. The number of aliphatic hydroxyl groups is 6. The number of fused-ring (bicyclic) bond motifs is 2. The zero-order chi connectivity index (χ0) is 40.0. The second-order valence-electron chi connectivity index (χ2n) is 14.7. The molecule has 1 amide bonds. The summed E-state index contributed by atoms with van der Waals surface area (Å²) in [6, 6.07) is -1.08. The van der Waals surface area contributed by atoms with Crippen molar-refractivity contribution < 1.29 is 64.0 Å². The molecule has 3 heterocycles. The molecule has 10 unspecified atom stereocenters. The van der Waals surface area contributed by atoms with E-state index in [1.54, 1.807) is 56.4 Å². The molecule has 10 N–H and O–H groups in total. The van der Waals surface area contributed by atoms with Crippen molar-refractivity contribution in [1.29, 1.82) is 0 Å². The highest BCUT2D eigenvalue weighted by atomic mass is 16.7. The Hall–Kier alpha value is -2.83. The van der Waals surface area contributed by atoms with Crippen LogP contribution in [-0.2, 0) is 33.3 Å². The van der Waals surface area contributed by atoms with Gasteiger partial charge in [0, 0.05) is 38.5 Å². The molecule has 3 rings (SSSR count). The molecule has 306 valence electrons. The summed E-state index contributed by atoms with van der Waals surface area (Å²) in [5, 5.41) is 65.3. The first-order chi connectivity index (χ1) is 25.6. The number of carbonyl (C=O) groups is 3. The molecule has 0 aromatic rings. The fourth-order valence-corrected chi connectivity index (χ4v) is 7.20. The summed E-state index contributed by atoms with van der Waals surface area (Å²) in [4.78, 5) is 38.4. The number of primary amides is 1. The van der Waals surface area contributed by atoms with Crippen LogP contribution in [0.5, 0.6) is 0 Å². The van der Waals surface area contributed by atoms with Crippen LogP contribution in [0.25, 0.3) is 0 Å². The number of rotatable bonds is 6. The van der Waals surface area contributed by atoms with Crippen LogP contribution >= 0.6 is 0 Å². The third-order valence-electron chi connectivity index (χ3n) is 10.2. The smallest absolute Gasteiger partial charge is 0.311 e. The van der Waals surface area contributed by atoms with Crippen LogP contribution in [0.4, 0.5) is 0 Å². The van der Waals surface area contributed by atoms with Gasteiger partial charge >= 0.3 is 5.97 Å². The molecule has 14 atom stereocenters. The molecule has 0 aromatic carbocycles. The van der Waals surface area contributed by atoms with Crippen molar-refractivity contribution in [2.75, 3.05) is 0 Å². The summed E-state index contributed by atoms with van der Waals surface area (Å²) in [7, 11) is 0. The van der Waals surface area contributed by atoms with Crippen molar-refractivity contribution in [2.24, 2.45) is 23.3 Å². The molecule has 15 heteroatoms. The van der Waals surface area contributed by atoms with E-state index >= 15 is 0 Å². The molecule has 2 saturated heterocycles. The molecule has 15 nitrogen and oxygen atoms in total. The van der Waals surface area contributed by atoms with Crippen molar-refractivity contribution in [3.05, 3.63) is 48.6 Å². The maximum absolute atomic E-state index is 13.0. The Morgan fingerprint density at radius 2 is 1.67 bits per heavy atom. The Balaban J connectivity index is 1.90. The number of ketones is 1. The average Bonchev–Trinajstić information content (AvgIpc) is 3.08. The number of ether oxygens (including phenoxy) is 4. The third-order valence-corrected chi connectivity index (χ3v) is 10.2. The van der Waals surface area contributed by atoms with E-state index in [9.17, 15) is 45.0 Å². The van der Waals surface area contributed by atoms with E-state index in [2.05, 4.69) is 0 Å². The normalized spacial score (nSPS) is 42.3. The van der Waals surface area contributed by atoms with Crippen LogP contribution in [0.3, 0.4) is 0 Å². The van der Waals surface area contributed by atoms with E-state index in [0.717, 1.165) is 6.42 Å². The SMILES string of the molecule is CCCC1C\C=C/C=C/C=C/C=C/C(OC2O[C@H](C)[C@@H](O)[C@H](N)[C@@H]2O)CC2OC(O)(CC(O)CCCC(=O)CC(O)C(CC)C(=O)O1)CC(O)C2C(N)=O. The quantitative estimate of drug-likeness (QED) is 0.176. The lowest BCUT2D eigenvalue weighted by atomic mass is 9.82. The van der Waals surface area contributed by atoms with Crippen molar-refractivity contribution >= 4 is 17.7 Å². The second kappa shape index (κ2) is 22.0. The fraction of sp³-hybridized carbons (Fsp3) is 0.718. The monoisotopic (exact) mass is 766 g/mol. The minimum atomic E-state index is -2.10. The lowest BCUT2D eigenvalue weighted by molar-refractivity contribution is -0.306. The van der Waals surface area contributed by atoms with Crippen LogP contribution in [0.1, 0.15) is 91.4 Å². The van der Waals surface area contributed by atoms with Crippen molar-refractivity contribution in [3.63, 3.8) is 0 Å². The van der Waals surface area contributed by atoms with Crippen LogP contribution in [-0.4, -0.2) is 121 Å². The Morgan fingerprint density at radius 3 is 2.33 bits per heavy atom. The first-order valence-corrected chi connectivity index (χ1v) is 19.1. The van der Waals surface area contributed by atoms with E-state index in [4.69, 9.17) is 30.4 Å². The highest BCUT2D eigenvalue weighted by molar-refractivity contribution is 5.80. The van der Waals surface area contributed by atoms with Gasteiger partial charge in [-0.05, 0) is 32.6 Å². The van der Waals surface area contributed by atoms with Gasteiger partial charge in [0.15, 0.2) is 12.1 Å². The van der Waals surface area contributed by atoms with Gasteiger partial charge in [-0.2, -0.15) is 0 Å². The summed E-state index contributed by atoms with van der Waals surface area (Å²) in [6.07, 6.45) is 3.91. The number of carbonyl (C=O) groups excluding carboxylic acids is 3. The Bertz CT molecular complexity index is 1320. The molecule has 2 bridgehead atoms. The van der Waals surface area contributed by atoms with Gasteiger partial charge < -0.3 is 61.1 Å². The molecule has 0 aromatic heterocycles. The number of hydrogen-bond acceptors (Lipinski definition) is 14. The molecule has 0 aliphatic carbocycles. The van der Waals surface area contributed by atoms with E-state index in [1.807, 2.05) is 13.0 Å². The highest BCUT2D eigenvalue weighted by Crippen LogP contribution is 2.38. The summed E-state index contributed by atoms with van der Waals surface area (Å²) in [6.45, 7) is 5.29. The van der Waals surface area contributed by atoms with Gasteiger partial charge in [-0.25, -0.2) is 0 Å². The number of Topliss-reactive ketones (excluding diaryl/α,β-unsaturated/α-hetero) is 1. The Labute approximate surface area is 317 Å². The third kappa shape index (κ3) is 13.7. The fourth-order valence-electron chi connectivity index (χ4n) is 7.20. The van der Waals surface area contributed by atoms with Gasteiger partial charge in [0.2, 0.25) is 5.91 Å². The van der Waals surface area contributed by atoms with Gasteiger partial charge in [0.1, 0.15) is 18.0 Å². The molecule has 3 aliphatic heterocycles. The molecule has 54 heavy (non-hydrogen) atoms. The number of nitrogens with two attached hydrogens (primary N) is 2. The first-order valence-electron chi connectivity index (χ1n) is 19.1. The Morgan fingerprint density at radius 1 is 0.981 bits per heavy atom. The Kier molecular flexibility index (Phi) is 18.6. The summed E-state index contributed by atoms with van der Waals surface area (Å²) in [5.74, 6) is -6.00. The topological polar surface area (TPSA) is 262 Å². The van der Waals surface area contributed by atoms with E-state index < -0.39 is 103 Å². The minimum absolute atomic E-state index is 0.00114. The van der Waals surface area contributed by atoms with E-state index in [-0.39, 0.29) is 50.7 Å². The van der Waals surface area contributed by atoms with Crippen LogP contribution < -0.4 is 11.5 Å². The molecule has 2 fully saturated rings. The summed E-state index contributed by atoms with van der Waals surface area (Å²) < 4.78 is 23.6. The number of aliphatic hydroxyl groups excluding tert-OH is 5. The van der Waals surface area contributed by atoms with Crippen molar-refractivity contribution in [2.45, 2.75) is 164 Å². The number of amides is 1. The molecular weight excluding hydrogens is 704 g/mol. The summed E-state index contributed by atoms with van der Waals surface area (Å²) >= 11 is 0. The predicted octanol–water partition coefficient (Wildman–Crippen LogP) is 1.10. The van der Waals surface area contributed by atoms with Crippen molar-refractivity contribution in [3.8, 4) is 0 Å². The minimum Gasteiger partial charge on any atom is -0.462 e. The summed E-state index contributed by atoms with van der Waals surface area (Å²) in [5.41, 5.74) is 11.7. The number of cyclic esters (lactones) is 1. The second-order valence-corrected chi connectivity index (χ2v) is 14.7. The van der Waals surface area contributed by atoms with Crippen LogP contribution in [0, 0.1) is 11.8 Å². The van der Waals surface area contributed by atoms with E-state index in [1.165, 1.54) is 0 Å². The lowest BCUT2D eigenvalue weighted by Gasteiger charge is -2.45. The van der Waals surface area contributed by atoms with Gasteiger partial charge in [-0.1, -0.05) is 68.9 Å². The molecule has 0 spiro atoms. The molecular formula is C39H62N2O13. The van der Waals surface area contributed by atoms with Gasteiger partial charge in [0.25, 0.3) is 0 Å². The van der Waals surface area contributed by atoms with Crippen LogP contribution in [0.15, 0.2) is 48.6 Å². The maximum Gasteiger partial charge on any atom is 0.311 e. The number of hydrogen-bond donors (Lipinski definition) is 8. The average molecular weight is 767 g/mol.